The second-order valence-corrected chi connectivity index (χ2v) is 9.12. The average molecular weight is 452 g/mol. The molecule has 1 saturated heterocycles. The molecule has 1 aliphatic heterocycles. The van der Waals surface area contributed by atoms with Crippen LogP contribution in [0.15, 0.2) is 30.5 Å². The van der Waals surface area contributed by atoms with E-state index in [9.17, 15) is 27.9 Å². The van der Waals surface area contributed by atoms with Crippen LogP contribution in [0.1, 0.15) is 51.5 Å². The van der Waals surface area contributed by atoms with Crippen LogP contribution < -0.4 is 5.32 Å². The Morgan fingerprint density at radius 2 is 1.91 bits per heavy atom. The number of carbonyl (C=O) groups excluding carboxylic acids is 2. The molecule has 174 valence electrons. The van der Waals surface area contributed by atoms with Crippen LogP contribution in [0.2, 0.25) is 0 Å². The molecular weight excluding hydrogens is 425 g/mol. The topological polar surface area (TPSA) is 98.3 Å². The Morgan fingerprint density at radius 1 is 1.25 bits per heavy atom. The van der Waals surface area contributed by atoms with Crippen LogP contribution in [0.5, 0.6) is 0 Å². The van der Waals surface area contributed by atoms with E-state index in [1.807, 2.05) is 20.8 Å². The zero-order valence-electron chi connectivity index (χ0n) is 18.3. The molecule has 1 aromatic heterocycles. The van der Waals surface area contributed by atoms with Crippen molar-refractivity contribution < 1.29 is 27.9 Å². The van der Waals surface area contributed by atoms with Gasteiger partial charge in [0, 0.05) is 25.5 Å². The summed E-state index contributed by atoms with van der Waals surface area (Å²) in [5, 5.41) is 12.9. The molecule has 0 unspecified atom stereocenters. The first-order valence-electron chi connectivity index (χ1n) is 10.3. The molecule has 0 radical (unpaired) electrons. The monoisotopic (exact) mass is 452 g/mol. The van der Waals surface area contributed by atoms with E-state index >= 15 is 0 Å². The molecule has 7 nitrogen and oxygen atoms in total. The van der Waals surface area contributed by atoms with Crippen LogP contribution in [0.3, 0.4) is 0 Å². The first-order valence-corrected chi connectivity index (χ1v) is 10.3. The van der Waals surface area contributed by atoms with Crippen molar-refractivity contribution in [3.8, 4) is 11.3 Å². The molecule has 2 amide bonds. The van der Waals surface area contributed by atoms with Gasteiger partial charge in [-0.15, -0.1) is 0 Å². The Bertz CT molecular complexity index is 997. The lowest BCUT2D eigenvalue weighted by Gasteiger charge is -2.35. The summed E-state index contributed by atoms with van der Waals surface area (Å²) in [5.74, 6) is -0.473. The molecule has 32 heavy (non-hydrogen) atoms. The van der Waals surface area contributed by atoms with Crippen LogP contribution in [-0.4, -0.2) is 50.5 Å². The number of benzene rings is 1. The number of hydrogen-bond donors (Lipinski definition) is 3. The number of β-amino-alcohol motifs (C(OH)–C–C–N with tert-alkyl or cyclic N) is 1. The van der Waals surface area contributed by atoms with Gasteiger partial charge in [-0.05, 0) is 11.5 Å². The maximum Gasteiger partial charge on any atom is 0.417 e. The maximum absolute atomic E-state index is 13.4. The van der Waals surface area contributed by atoms with Crippen molar-refractivity contribution in [1.82, 2.24) is 20.2 Å². The van der Waals surface area contributed by atoms with Crippen molar-refractivity contribution >= 4 is 11.8 Å². The number of aromatic nitrogens is 2. The largest absolute Gasteiger partial charge is 0.417 e. The zero-order valence-corrected chi connectivity index (χ0v) is 18.3. The molecule has 0 bridgehead atoms. The van der Waals surface area contributed by atoms with Crippen molar-refractivity contribution in [2.24, 2.45) is 5.41 Å². The highest BCUT2D eigenvalue weighted by Gasteiger charge is 2.43. The number of imidazole rings is 1. The molecule has 0 saturated carbocycles. The van der Waals surface area contributed by atoms with Gasteiger partial charge in [0.1, 0.15) is 11.9 Å². The summed E-state index contributed by atoms with van der Waals surface area (Å²) in [6.07, 6.45) is -3.89. The number of likely N-dealkylation sites (tertiary alicyclic amines) is 1. The number of aliphatic hydroxyl groups excluding tert-OH is 1. The number of halogens is 3. The fourth-order valence-corrected chi connectivity index (χ4v) is 3.94. The summed E-state index contributed by atoms with van der Waals surface area (Å²) in [6.45, 7) is 6.79. The Morgan fingerprint density at radius 3 is 2.50 bits per heavy atom. The van der Waals surface area contributed by atoms with E-state index in [1.54, 1.807) is 0 Å². The molecule has 0 spiro atoms. The van der Waals surface area contributed by atoms with Gasteiger partial charge in [-0.25, -0.2) is 4.98 Å². The molecule has 2 heterocycles. The molecule has 2 aromatic rings. The minimum Gasteiger partial charge on any atom is -0.391 e. The number of nitrogens with one attached hydrogen (secondary N) is 2. The molecule has 3 N–H and O–H groups in total. The summed E-state index contributed by atoms with van der Waals surface area (Å²) in [5.41, 5.74) is -1.29. The fourth-order valence-electron chi connectivity index (χ4n) is 3.94. The highest BCUT2D eigenvalue weighted by atomic mass is 19.4. The van der Waals surface area contributed by atoms with E-state index in [4.69, 9.17) is 0 Å². The number of carbonyl (C=O) groups is 2. The zero-order chi connectivity index (χ0) is 23.8. The Hall–Kier alpha value is -2.88. The van der Waals surface area contributed by atoms with E-state index in [1.165, 1.54) is 36.2 Å². The number of nitrogens with zero attached hydrogens (tertiary/aromatic N) is 2. The normalized spacial score (nSPS) is 20.3. The maximum atomic E-state index is 13.4. The lowest BCUT2D eigenvalue weighted by atomic mass is 9.85. The SMILES string of the molecule is CC(=O)N[C@H](C(=O)N1C[C@H](O)C[C@H]1c1ncc(-c2ccccc2C(F)(F)F)[nH]1)C(C)(C)C. The quantitative estimate of drug-likeness (QED) is 0.663. The number of amides is 2. The predicted molar refractivity (Wildman–Crippen MR) is 111 cm³/mol. The molecule has 1 fully saturated rings. The third-order valence-electron chi connectivity index (χ3n) is 5.46. The van der Waals surface area contributed by atoms with Gasteiger partial charge in [0.25, 0.3) is 0 Å². The molecule has 1 aliphatic rings. The highest BCUT2D eigenvalue weighted by molar-refractivity contribution is 5.88. The molecule has 0 aliphatic carbocycles. The van der Waals surface area contributed by atoms with Gasteiger partial charge in [0.2, 0.25) is 11.8 Å². The Balaban J connectivity index is 1.94. The first-order chi connectivity index (χ1) is 14.8. The van der Waals surface area contributed by atoms with Gasteiger partial charge >= 0.3 is 6.18 Å². The predicted octanol–water partition coefficient (Wildman–Crippen LogP) is 3.28. The third-order valence-corrected chi connectivity index (χ3v) is 5.46. The van der Waals surface area contributed by atoms with Gasteiger partial charge in [-0.3, -0.25) is 9.59 Å². The van der Waals surface area contributed by atoms with Gasteiger partial charge in [-0.1, -0.05) is 39.0 Å². The highest BCUT2D eigenvalue weighted by Crippen LogP contribution is 2.38. The third kappa shape index (κ3) is 4.95. The van der Waals surface area contributed by atoms with Crippen molar-refractivity contribution in [3.05, 3.63) is 41.9 Å². The first kappa shape index (κ1) is 23.8. The van der Waals surface area contributed by atoms with Crippen LogP contribution >= 0.6 is 0 Å². The van der Waals surface area contributed by atoms with Crippen LogP contribution in [0.25, 0.3) is 11.3 Å². The summed E-state index contributed by atoms with van der Waals surface area (Å²) >= 11 is 0. The van der Waals surface area contributed by atoms with Crippen molar-refractivity contribution in [2.75, 3.05) is 6.54 Å². The van der Waals surface area contributed by atoms with Gasteiger partial charge in [0.05, 0.1) is 29.6 Å². The number of alkyl halides is 3. The van der Waals surface area contributed by atoms with Gasteiger partial charge < -0.3 is 20.3 Å². The number of aromatic amines is 1. The van der Waals surface area contributed by atoms with E-state index in [0.29, 0.717) is 0 Å². The summed E-state index contributed by atoms with van der Waals surface area (Å²) in [6, 6.07) is 3.65. The molecular formula is C22H27F3N4O3. The number of hydrogen-bond acceptors (Lipinski definition) is 4. The van der Waals surface area contributed by atoms with Crippen LogP contribution in [-0.2, 0) is 15.8 Å². The molecule has 3 rings (SSSR count). The van der Waals surface area contributed by atoms with E-state index < -0.39 is 35.3 Å². The lowest BCUT2D eigenvalue weighted by Crippen LogP contribution is -2.54. The van der Waals surface area contributed by atoms with Crippen molar-refractivity contribution in [2.45, 2.75) is 58.5 Å². The minimum atomic E-state index is -4.54. The fraction of sp³-hybridized carbons (Fsp3) is 0.500. The molecule has 3 atom stereocenters. The van der Waals surface area contributed by atoms with Crippen LogP contribution in [0.4, 0.5) is 13.2 Å². The Kier molecular flexibility index (Phi) is 6.37. The number of rotatable bonds is 4. The van der Waals surface area contributed by atoms with Gasteiger partial charge in [0.15, 0.2) is 0 Å². The van der Waals surface area contributed by atoms with E-state index in [-0.39, 0.29) is 41.9 Å². The van der Waals surface area contributed by atoms with Crippen molar-refractivity contribution in [1.29, 1.82) is 0 Å². The van der Waals surface area contributed by atoms with E-state index in [0.717, 1.165) is 6.07 Å². The number of aliphatic hydroxyl groups is 1. The average Bonchev–Trinajstić information content (AvgIpc) is 3.30. The number of H-pyrrole nitrogens is 1. The van der Waals surface area contributed by atoms with E-state index in [2.05, 4.69) is 15.3 Å². The smallest absolute Gasteiger partial charge is 0.391 e. The van der Waals surface area contributed by atoms with Gasteiger partial charge in [-0.2, -0.15) is 13.2 Å². The summed E-state index contributed by atoms with van der Waals surface area (Å²) in [7, 11) is 0. The Labute approximate surface area is 184 Å². The second kappa shape index (κ2) is 8.57. The second-order valence-electron chi connectivity index (χ2n) is 9.12. The van der Waals surface area contributed by atoms with Crippen LogP contribution in [0, 0.1) is 5.41 Å². The summed E-state index contributed by atoms with van der Waals surface area (Å²) < 4.78 is 40.2. The minimum absolute atomic E-state index is 0.0326. The summed E-state index contributed by atoms with van der Waals surface area (Å²) in [4.78, 5) is 33.6. The molecule has 1 aromatic carbocycles. The standard InChI is InChI=1S/C22H27F3N4O3/c1-12(30)27-18(21(2,3)4)20(32)29-11-13(31)9-17(29)19-26-10-16(28-19)14-7-5-6-8-15(14)22(23,24)25/h5-8,10,13,17-18,31H,9,11H2,1-4H3,(H,26,28)(H,27,30)/t13-,17+,18-/m1/s1. The lowest BCUT2D eigenvalue weighted by molar-refractivity contribution is -0.140. The molecule has 10 heteroatoms. The van der Waals surface area contributed by atoms with Crippen molar-refractivity contribution in [3.63, 3.8) is 0 Å².